The van der Waals surface area contributed by atoms with Crippen LogP contribution in [0, 0.1) is 0 Å². The van der Waals surface area contributed by atoms with Gasteiger partial charge in [-0.05, 0) is 46.5 Å². The normalized spacial score (nSPS) is 18.1. The third-order valence-corrected chi connectivity index (χ3v) is 3.96. The van der Waals surface area contributed by atoms with Crippen molar-refractivity contribution in [3.05, 3.63) is 18.0 Å². The Kier molecular flexibility index (Phi) is 3.82. The first kappa shape index (κ1) is 13.2. The van der Waals surface area contributed by atoms with Crippen LogP contribution in [0.4, 0.5) is 5.95 Å². The first-order valence-electron chi connectivity index (χ1n) is 6.45. The van der Waals surface area contributed by atoms with Crippen LogP contribution >= 0.6 is 0 Å². The first-order chi connectivity index (χ1) is 8.52. The molecular weight excluding hydrogens is 226 g/mol. The van der Waals surface area contributed by atoms with E-state index in [0.29, 0.717) is 11.5 Å². The number of nitrogen functional groups attached to an aromatic ring is 1. The number of anilines is 1. The van der Waals surface area contributed by atoms with Crippen LogP contribution in [0.1, 0.15) is 25.0 Å². The van der Waals surface area contributed by atoms with E-state index in [4.69, 9.17) is 5.73 Å². The second kappa shape index (κ2) is 5.20. The number of nitrogens with zero attached hydrogens (tertiary/aromatic N) is 4. The van der Waals surface area contributed by atoms with Gasteiger partial charge in [0.15, 0.2) is 0 Å². The van der Waals surface area contributed by atoms with Crippen LogP contribution in [0.5, 0.6) is 0 Å². The van der Waals surface area contributed by atoms with Crippen molar-refractivity contribution < 1.29 is 0 Å². The molecule has 0 spiro atoms. The van der Waals surface area contributed by atoms with Crippen molar-refractivity contribution in [2.75, 3.05) is 33.4 Å². The summed E-state index contributed by atoms with van der Waals surface area (Å²) in [5, 5.41) is 0. The zero-order chi connectivity index (χ0) is 13.2. The minimum atomic E-state index is 0.354. The Morgan fingerprint density at radius 2 is 2.06 bits per heavy atom. The summed E-state index contributed by atoms with van der Waals surface area (Å²) in [7, 11) is 6.49. The summed E-state index contributed by atoms with van der Waals surface area (Å²) in [5.74, 6) is 0.354. The Morgan fingerprint density at radius 3 is 2.56 bits per heavy atom. The van der Waals surface area contributed by atoms with Gasteiger partial charge in [0.1, 0.15) is 0 Å². The Bertz CT molecular complexity index is 400. The molecule has 1 aliphatic rings. The number of likely N-dealkylation sites (N-methyl/N-ethyl adjacent to an activating group) is 2. The number of rotatable bonds is 5. The summed E-state index contributed by atoms with van der Waals surface area (Å²) in [6.45, 7) is 1.90. The molecule has 0 aliphatic heterocycles. The highest BCUT2D eigenvalue weighted by molar-refractivity contribution is 5.17. The topological polar surface area (TPSA) is 58.3 Å². The van der Waals surface area contributed by atoms with Gasteiger partial charge in [0.2, 0.25) is 5.95 Å². The molecule has 0 bridgehead atoms. The van der Waals surface area contributed by atoms with Gasteiger partial charge in [-0.25, -0.2) is 9.97 Å². The van der Waals surface area contributed by atoms with Gasteiger partial charge in [-0.1, -0.05) is 0 Å². The van der Waals surface area contributed by atoms with E-state index in [1.807, 2.05) is 6.07 Å². The first-order valence-corrected chi connectivity index (χ1v) is 6.45. The molecule has 100 valence electrons. The van der Waals surface area contributed by atoms with Crippen LogP contribution in [0.15, 0.2) is 12.3 Å². The molecule has 0 unspecified atom stereocenters. The molecule has 1 aromatic rings. The van der Waals surface area contributed by atoms with Crippen molar-refractivity contribution in [3.8, 4) is 0 Å². The Morgan fingerprint density at radius 1 is 1.33 bits per heavy atom. The summed E-state index contributed by atoms with van der Waals surface area (Å²) in [4.78, 5) is 12.8. The molecule has 0 aromatic carbocycles. The molecule has 1 aliphatic carbocycles. The second-order valence-corrected chi connectivity index (χ2v) is 5.55. The summed E-state index contributed by atoms with van der Waals surface area (Å²) in [6, 6.07) is 1.93. The van der Waals surface area contributed by atoms with Gasteiger partial charge in [0, 0.05) is 24.8 Å². The Hall–Kier alpha value is -1.20. The van der Waals surface area contributed by atoms with E-state index in [2.05, 4.69) is 40.9 Å². The van der Waals surface area contributed by atoms with Gasteiger partial charge in [0.25, 0.3) is 0 Å². The van der Waals surface area contributed by atoms with E-state index >= 15 is 0 Å². The molecule has 5 heteroatoms. The summed E-state index contributed by atoms with van der Waals surface area (Å²) in [5.41, 5.74) is 6.94. The van der Waals surface area contributed by atoms with Gasteiger partial charge in [0.05, 0.1) is 5.69 Å². The Balaban J connectivity index is 1.94. The van der Waals surface area contributed by atoms with Crippen molar-refractivity contribution >= 4 is 5.95 Å². The quantitative estimate of drug-likeness (QED) is 0.843. The fourth-order valence-corrected chi connectivity index (χ4v) is 2.67. The van der Waals surface area contributed by atoms with E-state index in [1.54, 1.807) is 6.20 Å². The van der Waals surface area contributed by atoms with E-state index in [1.165, 1.54) is 19.3 Å². The zero-order valence-electron chi connectivity index (χ0n) is 11.6. The van der Waals surface area contributed by atoms with E-state index in [0.717, 1.165) is 18.8 Å². The molecule has 0 radical (unpaired) electrons. The third kappa shape index (κ3) is 2.79. The summed E-state index contributed by atoms with van der Waals surface area (Å²) in [6.07, 6.45) is 5.63. The van der Waals surface area contributed by atoms with Crippen LogP contribution in [0.3, 0.4) is 0 Å². The smallest absolute Gasteiger partial charge is 0.220 e. The molecular formula is C13H23N5. The van der Waals surface area contributed by atoms with E-state index in [9.17, 15) is 0 Å². The van der Waals surface area contributed by atoms with Gasteiger partial charge in [-0.2, -0.15) is 0 Å². The summed E-state index contributed by atoms with van der Waals surface area (Å²) < 4.78 is 0. The minimum Gasteiger partial charge on any atom is -0.368 e. The van der Waals surface area contributed by atoms with E-state index < -0.39 is 0 Å². The Labute approximate surface area is 109 Å². The molecule has 0 amide bonds. The number of aromatic nitrogens is 2. The van der Waals surface area contributed by atoms with Crippen LogP contribution < -0.4 is 5.73 Å². The second-order valence-electron chi connectivity index (χ2n) is 5.55. The lowest BCUT2D eigenvalue weighted by Gasteiger charge is -2.49. The molecule has 2 N–H and O–H groups in total. The van der Waals surface area contributed by atoms with Gasteiger partial charge >= 0.3 is 0 Å². The van der Waals surface area contributed by atoms with Crippen molar-refractivity contribution in [3.63, 3.8) is 0 Å². The largest absolute Gasteiger partial charge is 0.368 e. The van der Waals surface area contributed by atoms with Gasteiger partial charge in [-0.15, -0.1) is 0 Å². The summed E-state index contributed by atoms with van der Waals surface area (Å²) >= 11 is 0. The van der Waals surface area contributed by atoms with Crippen molar-refractivity contribution in [1.29, 1.82) is 0 Å². The van der Waals surface area contributed by atoms with E-state index in [-0.39, 0.29) is 0 Å². The molecule has 2 rings (SSSR count). The molecule has 0 saturated heterocycles. The van der Waals surface area contributed by atoms with Crippen LogP contribution in [0.2, 0.25) is 0 Å². The van der Waals surface area contributed by atoms with Gasteiger partial charge < -0.3 is 10.6 Å². The molecule has 1 heterocycles. The van der Waals surface area contributed by atoms with Crippen LogP contribution in [0.25, 0.3) is 0 Å². The molecule has 1 fully saturated rings. The highest BCUT2D eigenvalue weighted by Gasteiger charge is 2.39. The fourth-order valence-electron chi connectivity index (χ4n) is 2.67. The highest BCUT2D eigenvalue weighted by atomic mass is 15.2. The average Bonchev–Trinajstić information content (AvgIpc) is 2.23. The lowest BCUT2D eigenvalue weighted by molar-refractivity contribution is 0.0256. The van der Waals surface area contributed by atoms with Crippen molar-refractivity contribution in [1.82, 2.24) is 19.8 Å². The minimum absolute atomic E-state index is 0.354. The van der Waals surface area contributed by atoms with Crippen molar-refractivity contribution in [2.45, 2.75) is 31.3 Å². The maximum Gasteiger partial charge on any atom is 0.220 e. The van der Waals surface area contributed by atoms with Gasteiger partial charge in [-0.3, -0.25) is 4.90 Å². The third-order valence-electron chi connectivity index (χ3n) is 3.96. The monoisotopic (exact) mass is 249 g/mol. The maximum absolute atomic E-state index is 5.60. The number of nitrogens with two attached hydrogens (primary N) is 1. The predicted molar refractivity (Wildman–Crippen MR) is 73.0 cm³/mol. The molecule has 5 nitrogen and oxygen atoms in total. The molecule has 1 saturated carbocycles. The predicted octanol–water partition coefficient (Wildman–Crippen LogP) is 0.975. The zero-order valence-corrected chi connectivity index (χ0v) is 11.6. The maximum atomic E-state index is 5.60. The van der Waals surface area contributed by atoms with Crippen LogP contribution in [-0.2, 0) is 6.54 Å². The molecule has 0 atom stereocenters. The van der Waals surface area contributed by atoms with Crippen molar-refractivity contribution in [2.24, 2.45) is 0 Å². The SMILES string of the molecule is CN(Cc1ccnc(N)n1)CC1(N(C)C)CCC1. The fraction of sp³-hybridized carbons (Fsp3) is 0.692. The lowest BCUT2D eigenvalue weighted by atomic mass is 9.75. The standard InChI is InChI=1S/C13H23N5/c1-17(2)13(6-4-7-13)10-18(3)9-11-5-8-15-12(14)16-11/h5,8H,4,6-7,9-10H2,1-3H3,(H2,14,15,16). The lowest BCUT2D eigenvalue weighted by Crippen LogP contribution is -2.56. The molecule has 1 aromatic heterocycles. The average molecular weight is 249 g/mol. The van der Waals surface area contributed by atoms with Crippen LogP contribution in [-0.4, -0.2) is 53.0 Å². The number of hydrogen-bond acceptors (Lipinski definition) is 5. The highest BCUT2D eigenvalue weighted by Crippen LogP contribution is 2.36. The molecule has 18 heavy (non-hydrogen) atoms. The number of hydrogen-bond donors (Lipinski definition) is 1.